The van der Waals surface area contributed by atoms with Gasteiger partial charge in [0.1, 0.15) is 5.75 Å². The van der Waals surface area contributed by atoms with E-state index in [0.29, 0.717) is 22.2 Å². The molecule has 1 aromatic heterocycles. The van der Waals surface area contributed by atoms with Gasteiger partial charge in [-0.1, -0.05) is 12.1 Å². The van der Waals surface area contributed by atoms with E-state index in [1.807, 2.05) is 29.6 Å². The highest BCUT2D eigenvalue weighted by atomic mass is 32.1. The monoisotopic (exact) mass is 385 g/mol. The molecule has 1 heterocycles. The highest BCUT2D eigenvalue weighted by Crippen LogP contribution is 2.36. The molecule has 0 aliphatic rings. The molecule has 0 amide bonds. The van der Waals surface area contributed by atoms with E-state index in [0.717, 1.165) is 17.0 Å². The van der Waals surface area contributed by atoms with Crippen molar-refractivity contribution in [2.45, 2.75) is 0 Å². The predicted molar refractivity (Wildman–Crippen MR) is 107 cm³/mol. The van der Waals surface area contributed by atoms with Crippen molar-refractivity contribution in [2.75, 3.05) is 26.8 Å². The summed E-state index contributed by atoms with van der Waals surface area (Å²) >= 11 is 1.44. The average Bonchev–Trinajstić information content (AvgIpc) is 3.18. The van der Waals surface area contributed by atoms with Crippen LogP contribution in [0.25, 0.3) is 11.3 Å². The molecule has 27 heavy (non-hydrogen) atoms. The molecule has 0 fully saturated rings. The molecule has 8 heteroatoms. The Kier molecular flexibility index (Phi) is 5.77. The topological polar surface area (TPSA) is 85.2 Å². The molecule has 2 aromatic carbocycles. The van der Waals surface area contributed by atoms with Crippen molar-refractivity contribution in [2.24, 2.45) is 5.10 Å². The van der Waals surface area contributed by atoms with E-state index < -0.39 is 0 Å². The average molecular weight is 385 g/mol. The summed E-state index contributed by atoms with van der Waals surface area (Å²) in [6.45, 7) is 0. The van der Waals surface area contributed by atoms with Crippen molar-refractivity contribution < 1.29 is 19.3 Å². The van der Waals surface area contributed by atoms with Crippen LogP contribution in [0.2, 0.25) is 0 Å². The van der Waals surface area contributed by atoms with Crippen LogP contribution < -0.4 is 19.6 Å². The van der Waals surface area contributed by atoms with Crippen molar-refractivity contribution in [3.05, 3.63) is 47.3 Å². The van der Waals surface area contributed by atoms with Gasteiger partial charge in [0.25, 0.3) is 0 Å². The first kappa shape index (κ1) is 18.5. The summed E-state index contributed by atoms with van der Waals surface area (Å²) in [5, 5.41) is 16.7. The van der Waals surface area contributed by atoms with Crippen LogP contribution in [0.15, 0.2) is 46.9 Å². The first-order valence-corrected chi connectivity index (χ1v) is 8.86. The number of hydrogen-bond donors (Lipinski definition) is 2. The van der Waals surface area contributed by atoms with Crippen molar-refractivity contribution in [3.63, 3.8) is 0 Å². The van der Waals surface area contributed by atoms with Gasteiger partial charge in [-0.3, -0.25) is 5.43 Å². The Morgan fingerprint density at radius 1 is 1.07 bits per heavy atom. The summed E-state index contributed by atoms with van der Waals surface area (Å²) in [5.74, 6) is 1.35. The highest BCUT2D eigenvalue weighted by Gasteiger charge is 2.10. The van der Waals surface area contributed by atoms with Crippen LogP contribution >= 0.6 is 11.3 Å². The third kappa shape index (κ3) is 4.29. The van der Waals surface area contributed by atoms with E-state index in [4.69, 9.17) is 14.2 Å². The Morgan fingerprint density at radius 2 is 1.81 bits per heavy atom. The number of rotatable bonds is 7. The molecule has 2 N–H and O–H groups in total. The van der Waals surface area contributed by atoms with Crippen molar-refractivity contribution in [1.29, 1.82) is 0 Å². The molecule has 0 aliphatic carbocycles. The maximum atomic E-state index is 9.94. The number of nitrogens with zero attached hydrogens (tertiary/aromatic N) is 2. The van der Waals surface area contributed by atoms with Gasteiger partial charge in [0.05, 0.1) is 33.2 Å². The van der Waals surface area contributed by atoms with E-state index in [-0.39, 0.29) is 5.75 Å². The van der Waals surface area contributed by atoms with Crippen LogP contribution in [0.1, 0.15) is 5.56 Å². The second-order valence-corrected chi connectivity index (χ2v) is 6.27. The molecule has 3 rings (SSSR count). The second kappa shape index (κ2) is 8.41. The quantitative estimate of drug-likeness (QED) is 0.473. The SMILES string of the molecule is COc1cccc(-c2csc(N/N=C\c3cc(OC)c(O)c(OC)c3)n2)c1. The fourth-order valence-electron chi connectivity index (χ4n) is 2.39. The zero-order chi connectivity index (χ0) is 19.2. The van der Waals surface area contributed by atoms with E-state index in [1.165, 1.54) is 25.6 Å². The standard InChI is InChI=1S/C19H19N3O4S/c1-24-14-6-4-5-13(9-14)15-11-27-19(21-15)22-20-10-12-7-16(25-2)18(23)17(8-12)26-3/h4-11,23H,1-3H3,(H,21,22)/b20-10-. The number of thiazole rings is 1. The number of hydrazone groups is 1. The normalized spacial score (nSPS) is 10.8. The third-order valence-electron chi connectivity index (χ3n) is 3.75. The van der Waals surface area contributed by atoms with Gasteiger partial charge in [-0.25, -0.2) is 4.98 Å². The van der Waals surface area contributed by atoms with Gasteiger partial charge in [0, 0.05) is 16.5 Å². The van der Waals surface area contributed by atoms with Crippen LogP contribution in [0.5, 0.6) is 23.0 Å². The minimum Gasteiger partial charge on any atom is -0.502 e. The Hall–Kier alpha value is -3.26. The van der Waals surface area contributed by atoms with Gasteiger partial charge in [0.2, 0.25) is 10.9 Å². The Labute approximate surface area is 160 Å². The summed E-state index contributed by atoms with van der Waals surface area (Å²) in [6, 6.07) is 11.0. The van der Waals surface area contributed by atoms with Gasteiger partial charge in [0.15, 0.2) is 11.5 Å². The third-order valence-corrected chi connectivity index (χ3v) is 4.49. The summed E-state index contributed by atoms with van der Waals surface area (Å²) in [5.41, 5.74) is 5.42. The predicted octanol–water partition coefficient (Wildman–Crippen LogP) is 3.99. The number of phenols is 1. The van der Waals surface area contributed by atoms with Crippen LogP contribution in [0, 0.1) is 0 Å². The molecule has 0 spiro atoms. The molecule has 0 unspecified atom stereocenters. The molecule has 0 atom stereocenters. The highest BCUT2D eigenvalue weighted by molar-refractivity contribution is 7.14. The summed E-state index contributed by atoms with van der Waals surface area (Å²) in [6.07, 6.45) is 1.59. The minimum absolute atomic E-state index is 0.0482. The van der Waals surface area contributed by atoms with Gasteiger partial charge in [-0.15, -0.1) is 11.3 Å². The van der Waals surface area contributed by atoms with Crippen molar-refractivity contribution in [1.82, 2.24) is 4.98 Å². The lowest BCUT2D eigenvalue weighted by molar-refractivity contribution is 0.340. The number of aromatic hydroxyl groups is 1. The smallest absolute Gasteiger partial charge is 0.203 e. The van der Waals surface area contributed by atoms with E-state index >= 15 is 0 Å². The van der Waals surface area contributed by atoms with Crippen LogP contribution in [0.4, 0.5) is 5.13 Å². The van der Waals surface area contributed by atoms with Crippen molar-refractivity contribution >= 4 is 22.7 Å². The zero-order valence-electron chi connectivity index (χ0n) is 15.1. The first-order chi connectivity index (χ1) is 13.1. The summed E-state index contributed by atoms with van der Waals surface area (Å²) in [4.78, 5) is 4.52. The largest absolute Gasteiger partial charge is 0.502 e. The molecule has 3 aromatic rings. The van der Waals surface area contributed by atoms with Crippen molar-refractivity contribution in [3.8, 4) is 34.3 Å². The molecule has 0 radical (unpaired) electrons. The van der Waals surface area contributed by atoms with Gasteiger partial charge in [-0.2, -0.15) is 5.10 Å². The maximum absolute atomic E-state index is 9.94. The number of hydrogen-bond acceptors (Lipinski definition) is 8. The summed E-state index contributed by atoms with van der Waals surface area (Å²) in [7, 11) is 4.59. The van der Waals surface area contributed by atoms with Gasteiger partial charge < -0.3 is 19.3 Å². The fourth-order valence-corrected chi connectivity index (χ4v) is 3.06. The number of methoxy groups -OCH3 is 3. The Morgan fingerprint density at radius 3 is 2.48 bits per heavy atom. The molecular weight excluding hydrogens is 366 g/mol. The number of benzene rings is 2. The first-order valence-electron chi connectivity index (χ1n) is 7.98. The number of anilines is 1. The van der Waals surface area contributed by atoms with E-state index in [1.54, 1.807) is 25.5 Å². The number of nitrogens with one attached hydrogen (secondary N) is 1. The lowest BCUT2D eigenvalue weighted by atomic mass is 10.2. The fraction of sp³-hybridized carbons (Fsp3) is 0.158. The number of phenolic OH excluding ortho intramolecular Hbond substituents is 1. The second-order valence-electron chi connectivity index (χ2n) is 5.41. The molecular formula is C19H19N3O4S. The van der Waals surface area contributed by atoms with E-state index in [2.05, 4.69) is 15.5 Å². The van der Waals surface area contributed by atoms with Crippen LogP contribution in [-0.2, 0) is 0 Å². The molecule has 0 aliphatic heterocycles. The summed E-state index contributed by atoms with van der Waals surface area (Å²) < 4.78 is 15.5. The molecule has 0 saturated carbocycles. The number of ether oxygens (including phenoxy) is 3. The van der Waals surface area contributed by atoms with Crippen LogP contribution in [-0.4, -0.2) is 37.6 Å². The van der Waals surface area contributed by atoms with Crippen LogP contribution in [0.3, 0.4) is 0 Å². The van der Waals surface area contributed by atoms with Gasteiger partial charge in [-0.05, 0) is 24.3 Å². The zero-order valence-corrected chi connectivity index (χ0v) is 15.9. The minimum atomic E-state index is -0.0482. The lowest BCUT2D eigenvalue weighted by Gasteiger charge is -2.09. The van der Waals surface area contributed by atoms with Gasteiger partial charge >= 0.3 is 0 Å². The maximum Gasteiger partial charge on any atom is 0.203 e. The Balaban J connectivity index is 1.73. The molecule has 140 valence electrons. The Bertz CT molecular complexity index is 931. The lowest BCUT2D eigenvalue weighted by Crippen LogP contribution is -1.94. The number of aromatic nitrogens is 1. The molecule has 7 nitrogen and oxygen atoms in total. The molecule has 0 saturated heterocycles. The van der Waals surface area contributed by atoms with E-state index in [9.17, 15) is 5.11 Å². The molecule has 0 bridgehead atoms.